The van der Waals surface area contributed by atoms with E-state index in [1.54, 1.807) is 0 Å². The SMILES string of the molecule is CCCCc1ccc(N2C(=O)C(SC(C)C)=C(c3ccccc3)C2=O)cc1. The molecule has 27 heavy (non-hydrogen) atoms. The molecule has 0 aliphatic carbocycles. The molecule has 0 saturated heterocycles. The molecule has 1 aliphatic rings. The highest BCUT2D eigenvalue weighted by Crippen LogP contribution is 2.39. The highest BCUT2D eigenvalue weighted by atomic mass is 32.2. The number of carbonyl (C=O) groups excluding carboxylic acids is 2. The lowest BCUT2D eigenvalue weighted by atomic mass is 10.1. The fourth-order valence-corrected chi connectivity index (χ4v) is 4.13. The van der Waals surface area contributed by atoms with E-state index in [0.29, 0.717) is 16.2 Å². The first-order chi connectivity index (χ1) is 13.0. The highest BCUT2D eigenvalue weighted by Gasteiger charge is 2.40. The zero-order valence-electron chi connectivity index (χ0n) is 16.1. The zero-order valence-corrected chi connectivity index (χ0v) is 16.9. The maximum Gasteiger partial charge on any atom is 0.272 e. The maximum atomic E-state index is 13.2. The molecular formula is C23H25NO2S. The Hall–Kier alpha value is -2.33. The summed E-state index contributed by atoms with van der Waals surface area (Å²) < 4.78 is 0. The van der Waals surface area contributed by atoms with Crippen LogP contribution in [0.3, 0.4) is 0 Å². The summed E-state index contributed by atoms with van der Waals surface area (Å²) in [5, 5.41) is 0.215. The Bertz CT molecular complexity index is 854. The van der Waals surface area contributed by atoms with E-state index in [1.165, 1.54) is 22.2 Å². The van der Waals surface area contributed by atoms with Gasteiger partial charge in [0.1, 0.15) is 0 Å². The van der Waals surface area contributed by atoms with E-state index in [9.17, 15) is 9.59 Å². The molecule has 0 spiro atoms. The second-order valence-electron chi connectivity index (χ2n) is 6.95. The summed E-state index contributed by atoms with van der Waals surface area (Å²) in [6.07, 6.45) is 3.29. The molecule has 0 unspecified atom stereocenters. The van der Waals surface area contributed by atoms with E-state index < -0.39 is 0 Å². The van der Waals surface area contributed by atoms with Crippen molar-refractivity contribution in [3.63, 3.8) is 0 Å². The lowest BCUT2D eigenvalue weighted by Gasteiger charge is -2.16. The predicted octanol–water partition coefficient (Wildman–Crippen LogP) is 5.46. The third-order valence-electron chi connectivity index (χ3n) is 4.47. The Morgan fingerprint density at radius 2 is 1.59 bits per heavy atom. The number of amides is 2. The van der Waals surface area contributed by atoms with Crippen LogP contribution in [0.5, 0.6) is 0 Å². The highest BCUT2D eigenvalue weighted by molar-refractivity contribution is 8.04. The summed E-state index contributed by atoms with van der Waals surface area (Å²) in [6, 6.07) is 17.3. The molecule has 0 radical (unpaired) electrons. The molecule has 4 heteroatoms. The van der Waals surface area contributed by atoms with Crippen LogP contribution in [0.2, 0.25) is 0 Å². The van der Waals surface area contributed by atoms with E-state index >= 15 is 0 Å². The molecule has 140 valence electrons. The van der Waals surface area contributed by atoms with Crippen LogP contribution in [0.1, 0.15) is 44.7 Å². The monoisotopic (exact) mass is 379 g/mol. The van der Waals surface area contributed by atoms with Gasteiger partial charge in [-0.05, 0) is 36.1 Å². The van der Waals surface area contributed by atoms with Crippen molar-refractivity contribution in [2.45, 2.75) is 45.3 Å². The van der Waals surface area contributed by atoms with Crippen LogP contribution >= 0.6 is 11.8 Å². The summed E-state index contributed by atoms with van der Waals surface area (Å²) in [4.78, 5) is 28.2. The molecule has 1 heterocycles. The smallest absolute Gasteiger partial charge is 0.268 e. The van der Waals surface area contributed by atoms with Crippen LogP contribution in [0.4, 0.5) is 5.69 Å². The van der Waals surface area contributed by atoms with E-state index in [-0.39, 0.29) is 17.1 Å². The lowest BCUT2D eigenvalue weighted by Crippen LogP contribution is -2.31. The average molecular weight is 380 g/mol. The van der Waals surface area contributed by atoms with Gasteiger partial charge in [-0.2, -0.15) is 0 Å². The van der Waals surface area contributed by atoms with Gasteiger partial charge in [-0.15, -0.1) is 11.8 Å². The van der Waals surface area contributed by atoms with Crippen LogP contribution in [0.25, 0.3) is 5.57 Å². The number of benzene rings is 2. The molecular weight excluding hydrogens is 354 g/mol. The number of nitrogens with zero attached hydrogens (tertiary/aromatic N) is 1. The summed E-state index contributed by atoms with van der Waals surface area (Å²) in [5.41, 5.74) is 3.17. The number of hydrogen-bond donors (Lipinski definition) is 0. The van der Waals surface area contributed by atoms with Crippen molar-refractivity contribution in [1.82, 2.24) is 0 Å². The van der Waals surface area contributed by atoms with Gasteiger partial charge in [0, 0.05) is 5.25 Å². The minimum Gasteiger partial charge on any atom is -0.268 e. The summed E-state index contributed by atoms with van der Waals surface area (Å²) in [5.74, 6) is -0.463. The molecule has 0 aromatic heterocycles. The fraction of sp³-hybridized carbons (Fsp3) is 0.304. The van der Waals surface area contributed by atoms with Crippen molar-refractivity contribution in [1.29, 1.82) is 0 Å². The van der Waals surface area contributed by atoms with E-state index in [1.807, 2.05) is 68.4 Å². The Balaban J connectivity index is 1.96. The standard InChI is InChI=1S/C23H25NO2S/c1-4-5-9-17-12-14-19(15-13-17)24-22(25)20(18-10-7-6-8-11-18)21(23(24)26)27-16(2)3/h6-8,10-16H,4-5,9H2,1-3H3. The number of anilines is 1. The maximum absolute atomic E-state index is 13.2. The van der Waals surface area contributed by atoms with Crippen molar-refractivity contribution in [2.24, 2.45) is 0 Å². The fourth-order valence-electron chi connectivity index (χ4n) is 3.14. The lowest BCUT2D eigenvalue weighted by molar-refractivity contribution is -0.119. The number of hydrogen-bond acceptors (Lipinski definition) is 3. The Morgan fingerprint density at radius 1 is 0.926 bits per heavy atom. The molecule has 0 fully saturated rings. The number of carbonyl (C=O) groups is 2. The van der Waals surface area contributed by atoms with Crippen molar-refractivity contribution < 1.29 is 9.59 Å². The Kier molecular flexibility index (Phi) is 6.17. The molecule has 0 saturated carbocycles. The van der Waals surface area contributed by atoms with Gasteiger partial charge >= 0.3 is 0 Å². The summed E-state index contributed by atoms with van der Waals surface area (Å²) in [6.45, 7) is 6.23. The van der Waals surface area contributed by atoms with Gasteiger partial charge in [0.15, 0.2) is 0 Å². The van der Waals surface area contributed by atoms with Gasteiger partial charge in [0.2, 0.25) is 0 Å². The molecule has 3 rings (SSSR count). The third kappa shape index (κ3) is 4.16. The molecule has 1 aliphatic heterocycles. The van der Waals surface area contributed by atoms with Crippen molar-refractivity contribution in [3.05, 3.63) is 70.6 Å². The molecule has 0 N–H and O–H groups in total. The van der Waals surface area contributed by atoms with Gasteiger partial charge in [-0.25, -0.2) is 4.90 Å². The van der Waals surface area contributed by atoms with Crippen LogP contribution in [0.15, 0.2) is 59.5 Å². The molecule has 0 atom stereocenters. The second kappa shape index (κ2) is 8.57. The largest absolute Gasteiger partial charge is 0.272 e. The third-order valence-corrected chi connectivity index (χ3v) is 5.56. The molecule has 2 amide bonds. The summed E-state index contributed by atoms with van der Waals surface area (Å²) >= 11 is 1.46. The zero-order chi connectivity index (χ0) is 19.4. The van der Waals surface area contributed by atoms with Gasteiger partial charge in [-0.1, -0.05) is 69.7 Å². The van der Waals surface area contributed by atoms with Crippen LogP contribution in [-0.2, 0) is 16.0 Å². The molecule has 2 aromatic carbocycles. The predicted molar refractivity (Wildman–Crippen MR) is 114 cm³/mol. The van der Waals surface area contributed by atoms with E-state index in [2.05, 4.69) is 6.92 Å². The second-order valence-corrected chi connectivity index (χ2v) is 8.54. The normalized spacial score (nSPS) is 14.6. The first-order valence-corrected chi connectivity index (χ1v) is 10.3. The topological polar surface area (TPSA) is 37.4 Å². The number of imide groups is 1. The Labute approximate surface area is 165 Å². The van der Waals surface area contributed by atoms with Gasteiger partial charge < -0.3 is 0 Å². The molecule has 2 aromatic rings. The minimum absolute atomic E-state index is 0.215. The van der Waals surface area contributed by atoms with Gasteiger partial charge in [0.05, 0.1) is 16.2 Å². The van der Waals surface area contributed by atoms with Crippen molar-refractivity contribution in [3.8, 4) is 0 Å². The average Bonchev–Trinajstić information content (AvgIpc) is 2.91. The summed E-state index contributed by atoms with van der Waals surface area (Å²) in [7, 11) is 0. The van der Waals surface area contributed by atoms with Crippen molar-refractivity contribution >= 4 is 34.8 Å². The van der Waals surface area contributed by atoms with Gasteiger partial charge in [-0.3, -0.25) is 9.59 Å². The first kappa shape index (κ1) is 19.4. The number of thioether (sulfide) groups is 1. The van der Waals surface area contributed by atoms with Crippen LogP contribution in [-0.4, -0.2) is 17.1 Å². The minimum atomic E-state index is -0.240. The Morgan fingerprint density at radius 3 is 2.19 bits per heavy atom. The van der Waals surface area contributed by atoms with Crippen molar-refractivity contribution in [2.75, 3.05) is 4.90 Å². The van der Waals surface area contributed by atoms with E-state index in [4.69, 9.17) is 0 Å². The number of unbranched alkanes of at least 4 members (excludes halogenated alkanes) is 1. The first-order valence-electron chi connectivity index (χ1n) is 9.47. The molecule has 3 nitrogen and oxygen atoms in total. The quantitative estimate of drug-likeness (QED) is 0.600. The van der Waals surface area contributed by atoms with Crippen LogP contribution in [0, 0.1) is 0 Å². The van der Waals surface area contributed by atoms with Gasteiger partial charge in [0.25, 0.3) is 11.8 Å². The number of rotatable bonds is 7. The molecule has 0 bridgehead atoms. The number of aryl methyl sites for hydroxylation is 1. The van der Waals surface area contributed by atoms with E-state index in [0.717, 1.165) is 24.8 Å². The van der Waals surface area contributed by atoms with Crippen LogP contribution < -0.4 is 4.90 Å².